The standard InChI is InChI=1S/C26H43N3O4/c1-10-12-16-27-23(31)22(20-15-13-14-18(3)19(20)4)29(26(8,9)11-2)21(30)17-28-24(32)33-25(5,6)7/h13-15,22H,10-12,16-17H2,1-9H3,(H,27,31)(H,28,32). The molecule has 0 aromatic heterocycles. The summed E-state index contributed by atoms with van der Waals surface area (Å²) in [6, 6.07) is 4.99. The number of amides is 3. The Labute approximate surface area is 199 Å². The summed E-state index contributed by atoms with van der Waals surface area (Å²) in [5.41, 5.74) is 1.51. The molecule has 0 aliphatic rings. The Balaban J connectivity index is 3.39. The average Bonchev–Trinajstić information content (AvgIpc) is 2.71. The van der Waals surface area contributed by atoms with Crippen LogP contribution < -0.4 is 10.6 Å². The van der Waals surface area contributed by atoms with Gasteiger partial charge in [-0.15, -0.1) is 0 Å². The predicted octanol–water partition coefficient (Wildman–Crippen LogP) is 4.80. The molecule has 0 spiro atoms. The second kappa shape index (κ2) is 12.1. The molecule has 0 saturated heterocycles. The number of benzene rings is 1. The first-order valence-corrected chi connectivity index (χ1v) is 11.9. The third-order valence-electron chi connectivity index (χ3n) is 5.85. The zero-order valence-corrected chi connectivity index (χ0v) is 21.9. The van der Waals surface area contributed by atoms with Crippen LogP contribution in [0.4, 0.5) is 4.79 Å². The van der Waals surface area contributed by atoms with Crippen molar-refractivity contribution in [3.8, 4) is 0 Å². The molecule has 0 bridgehead atoms. The molecule has 0 saturated carbocycles. The van der Waals surface area contributed by atoms with E-state index in [1.54, 1.807) is 25.7 Å². The van der Waals surface area contributed by atoms with Gasteiger partial charge in [0.05, 0.1) is 0 Å². The average molecular weight is 462 g/mol. The molecule has 0 fully saturated rings. The highest BCUT2D eigenvalue weighted by molar-refractivity contribution is 5.91. The van der Waals surface area contributed by atoms with Crippen LogP contribution in [0.2, 0.25) is 0 Å². The van der Waals surface area contributed by atoms with E-state index in [0.717, 1.165) is 29.5 Å². The Morgan fingerprint density at radius 1 is 1.03 bits per heavy atom. The van der Waals surface area contributed by atoms with Crippen molar-refractivity contribution in [3.63, 3.8) is 0 Å². The zero-order valence-electron chi connectivity index (χ0n) is 21.9. The van der Waals surface area contributed by atoms with E-state index in [-0.39, 0.29) is 18.4 Å². The first-order valence-electron chi connectivity index (χ1n) is 11.9. The molecule has 1 atom stereocenters. The largest absolute Gasteiger partial charge is 0.444 e. The Morgan fingerprint density at radius 2 is 1.67 bits per heavy atom. The molecular formula is C26H43N3O4. The van der Waals surface area contributed by atoms with Gasteiger partial charge in [0.2, 0.25) is 11.8 Å². The SMILES string of the molecule is CCCCNC(=O)C(c1cccc(C)c1C)N(C(=O)CNC(=O)OC(C)(C)C)C(C)(C)CC. The van der Waals surface area contributed by atoms with E-state index >= 15 is 0 Å². The number of carbonyl (C=O) groups is 3. The summed E-state index contributed by atoms with van der Waals surface area (Å²) in [4.78, 5) is 40.8. The van der Waals surface area contributed by atoms with Crippen LogP contribution in [0, 0.1) is 13.8 Å². The van der Waals surface area contributed by atoms with Gasteiger partial charge in [-0.1, -0.05) is 38.5 Å². The van der Waals surface area contributed by atoms with Crippen molar-refractivity contribution in [3.05, 3.63) is 34.9 Å². The van der Waals surface area contributed by atoms with Crippen LogP contribution in [0.3, 0.4) is 0 Å². The van der Waals surface area contributed by atoms with Crippen molar-refractivity contribution in [2.24, 2.45) is 0 Å². The van der Waals surface area contributed by atoms with Crippen LogP contribution >= 0.6 is 0 Å². The van der Waals surface area contributed by atoms with Gasteiger partial charge < -0.3 is 20.3 Å². The number of aryl methyl sites for hydroxylation is 1. The molecule has 0 radical (unpaired) electrons. The van der Waals surface area contributed by atoms with Gasteiger partial charge in [0.1, 0.15) is 18.2 Å². The lowest BCUT2D eigenvalue weighted by Crippen LogP contribution is -2.56. The van der Waals surface area contributed by atoms with Gasteiger partial charge in [0.15, 0.2) is 0 Å². The van der Waals surface area contributed by atoms with Crippen molar-refractivity contribution in [2.45, 2.75) is 98.8 Å². The number of unbranched alkanes of at least 4 members (excludes halogenated alkanes) is 1. The van der Waals surface area contributed by atoms with Crippen LogP contribution in [-0.2, 0) is 14.3 Å². The van der Waals surface area contributed by atoms with Crippen molar-refractivity contribution in [1.82, 2.24) is 15.5 Å². The summed E-state index contributed by atoms with van der Waals surface area (Å²) in [6.45, 7) is 17.5. The van der Waals surface area contributed by atoms with Crippen LogP contribution in [-0.4, -0.2) is 47.0 Å². The molecule has 2 N–H and O–H groups in total. The minimum atomic E-state index is -0.815. The van der Waals surface area contributed by atoms with Crippen molar-refractivity contribution >= 4 is 17.9 Å². The van der Waals surface area contributed by atoms with Crippen LogP contribution in [0.5, 0.6) is 0 Å². The maximum atomic E-state index is 13.5. The fraction of sp³-hybridized carbons (Fsp3) is 0.654. The second-order valence-electron chi connectivity index (χ2n) is 10.1. The molecule has 7 heteroatoms. The molecule has 3 amide bonds. The normalized spacial score (nSPS) is 12.6. The molecular weight excluding hydrogens is 418 g/mol. The highest BCUT2D eigenvalue weighted by Crippen LogP contribution is 2.33. The highest BCUT2D eigenvalue weighted by atomic mass is 16.6. The van der Waals surface area contributed by atoms with Gasteiger partial charge in [0.25, 0.3) is 0 Å². The summed E-state index contributed by atoms with van der Waals surface area (Å²) in [5.74, 6) is -0.562. The van der Waals surface area contributed by atoms with E-state index < -0.39 is 23.3 Å². The van der Waals surface area contributed by atoms with E-state index in [4.69, 9.17) is 4.74 Å². The van der Waals surface area contributed by atoms with Gasteiger partial charge in [-0.2, -0.15) is 0 Å². The summed E-state index contributed by atoms with van der Waals surface area (Å²) in [6.07, 6.45) is 1.78. The number of nitrogens with zero attached hydrogens (tertiary/aromatic N) is 1. The minimum Gasteiger partial charge on any atom is -0.444 e. The molecule has 1 unspecified atom stereocenters. The van der Waals surface area contributed by atoms with E-state index in [1.807, 2.05) is 52.8 Å². The van der Waals surface area contributed by atoms with E-state index in [2.05, 4.69) is 17.6 Å². The van der Waals surface area contributed by atoms with Crippen molar-refractivity contribution in [2.75, 3.05) is 13.1 Å². The van der Waals surface area contributed by atoms with Gasteiger partial charge in [-0.05, 0) is 78.0 Å². The van der Waals surface area contributed by atoms with Gasteiger partial charge in [0, 0.05) is 12.1 Å². The fourth-order valence-electron chi connectivity index (χ4n) is 3.50. The van der Waals surface area contributed by atoms with Crippen LogP contribution in [0.1, 0.15) is 90.5 Å². The topological polar surface area (TPSA) is 87.7 Å². The fourth-order valence-corrected chi connectivity index (χ4v) is 3.50. The quantitative estimate of drug-likeness (QED) is 0.490. The van der Waals surface area contributed by atoms with E-state index in [9.17, 15) is 14.4 Å². The molecule has 0 aliphatic heterocycles. The van der Waals surface area contributed by atoms with Gasteiger partial charge >= 0.3 is 6.09 Å². The highest BCUT2D eigenvalue weighted by Gasteiger charge is 2.40. The minimum absolute atomic E-state index is 0.218. The Kier molecular flexibility index (Phi) is 10.4. The lowest BCUT2D eigenvalue weighted by Gasteiger charge is -2.43. The maximum absolute atomic E-state index is 13.5. The summed E-state index contributed by atoms with van der Waals surface area (Å²) >= 11 is 0. The number of hydrogen-bond donors (Lipinski definition) is 2. The molecule has 33 heavy (non-hydrogen) atoms. The zero-order chi connectivity index (χ0) is 25.4. The van der Waals surface area contributed by atoms with E-state index in [1.165, 1.54) is 0 Å². The van der Waals surface area contributed by atoms with Gasteiger partial charge in [-0.3, -0.25) is 9.59 Å². The van der Waals surface area contributed by atoms with Crippen molar-refractivity contribution < 1.29 is 19.1 Å². The summed E-state index contributed by atoms with van der Waals surface area (Å²) < 4.78 is 5.27. The lowest BCUT2D eigenvalue weighted by atomic mass is 9.90. The van der Waals surface area contributed by atoms with Crippen LogP contribution in [0.15, 0.2) is 18.2 Å². The number of carbonyl (C=O) groups excluding carboxylic acids is 3. The lowest BCUT2D eigenvalue weighted by molar-refractivity contribution is -0.146. The Hall–Kier alpha value is -2.57. The number of hydrogen-bond acceptors (Lipinski definition) is 4. The second-order valence-corrected chi connectivity index (χ2v) is 10.1. The number of alkyl carbamates (subject to hydrolysis) is 1. The first-order chi connectivity index (χ1) is 15.2. The third-order valence-corrected chi connectivity index (χ3v) is 5.85. The van der Waals surface area contributed by atoms with E-state index in [0.29, 0.717) is 13.0 Å². The van der Waals surface area contributed by atoms with Crippen LogP contribution in [0.25, 0.3) is 0 Å². The summed E-state index contributed by atoms with van der Waals surface area (Å²) in [7, 11) is 0. The molecule has 1 aromatic rings. The Bertz CT molecular complexity index is 827. The molecule has 1 aromatic carbocycles. The first kappa shape index (κ1) is 28.5. The monoisotopic (exact) mass is 461 g/mol. The Morgan fingerprint density at radius 3 is 2.21 bits per heavy atom. The molecule has 0 heterocycles. The van der Waals surface area contributed by atoms with Crippen molar-refractivity contribution in [1.29, 1.82) is 0 Å². The number of rotatable bonds is 10. The molecule has 0 aliphatic carbocycles. The summed E-state index contributed by atoms with van der Waals surface area (Å²) in [5, 5.41) is 5.57. The molecule has 7 nitrogen and oxygen atoms in total. The molecule has 1 rings (SSSR count). The third kappa shape index (κ3) is 8.37. The maximum Gasteiger partial charge on any atom is 0.408 e. The molecule has 186 valence electrons. The van der Waals surface area contributed by atoms with Gasteiger partial charge in [-0.25, -0.2) is 4.79 Å². The number of nitrogens with one attached hydrogen (secondary N) is 2. The number of ether oxygens (including phenoxy) is 1. The smallest absolute Gasteiger partial charge is 0.408 e. The predicted molar refractivity (Wildman–Crippen MR) is 132 cm³/mol.